The van der Waals surface area contributed by atoms with Crippen LogP contribution in [0.5, 0.6) is 0 Å². The first-order chi connectivity index (χ1) is 7.13. The van der Waals surface area contributed by atoms with Gasteiger partial charge in [-0.3, -0.25) is 0 Å². The van der Waals surface area contributed by atoms with Crippen molar-refractivity contribution < 1.29 is 9.50 Å². The maximum atomic E-state index is 12.9. The molecule has 0 saturated heterocycles. The third-order valence-corrected chi connectivity index (χ3v) is 2.29. The number of halogens is 2. The molecule has 0 aromatic heterocycles. The summed E-state index contributed by atoms with van der Waals surface area (Å²) < 4.78 is 12.9. The van der Waals surface area contributed by atoms with Crippen molar-refractivity contribution >= 4 is 11.6 Å². The fourth-order valence-corrected chi connectivity index (χ4v) is 1.56. The van der Waals surface area contributed by atoms with Gasteiger partial charge in [0.2, 0.25) is 0 Å². The molecular formula is C12H12ClFO. The Labute approximate surface area is 93.9 Å². The molecule has 1 atom stereocenters. The first kappa shape index (κ1) is 12.0. The van der Waals surface area contributed by atoms with Gasteiger partial charge in [-0.15, -0.1) is 12.3 Å². The van der Waals surface area contributed by atoms with Gasteiger partial charge in [0.15, 0.2) is 0 Å². The molecule has 0 aliphatic heterocycles. The van der Waals surface area contributed by atoms with E-state index < -0.39 is 11.9 Å². The lowest BCUT2D eigenvalue weighted by molar-refractivity contribution is 0.165. The lowest BCUT2D eigenvalue weighted by atomic mass is 10.0. The summed E-state index contributed by atoms with van der Waals surface area (Å²) in [5.74, 6) is 2.05. The molecule has 1 nitrogen and oxygen atoms in total. The largest absolute Gasteiger partial charge is 0.388 e. The van der Waals surface area contributed by atoms with Crippen molar-refractivity contribution in [2.45, 2.75) is 25.4 Å². The molecule has 0 bridgehead atoms. The van der Waals surface area contributed by atoms with Crippen LogP contribution in [0.4, 0.5) is 4.39 Å². The Kier molecular flexibility index (Phi) is 4.61. The average Bonchev–Trinajstić information content (AvgIpc) is 2.16. The molecule has 3 heteroatoms. The number of aliphatic hydroxyl groups is 1. The van der Waals surface area contributed by atoms with Gasteiger partial charge in [-0.1, -0.05) is 11.6 Å². The lowest BCUT2D eigenvalue weighted by Crippen LogP contribution is -1.98. The standard InChI is InChI=1S/C12H12ClFO/c1-2-3-4-5-12(15)9-6-10(13)8-11(14)7-9/h1,6-8,12,15H,3-5H2. The summed E-state index contributed by atoms with van der Waals surface area (Å²) in [6.45, 7) is 0. The number of aliphatic hydroxyl groups excluding tert-OH is 1. The van der Waals surface area contributed by atoms with E-state index in [0.29, 0.717) is 29.8 Å². The van der Waals surface area contributed by atoms with Crippen molar-refractivity contribution in [3.05, 3.63) is 34.6 Å². The Hall–Kier alpha value is -1.04. The number of hydrogen-bond acceptors (Lipinski definition) is 1. The van der Waals surface area contributed by atoms with Crippen LogP contribution < -0.4 is 0 Å². The van der Waals surface area contributed by atoms with Crippen LogP contribution >= 0.6 is 11.6 Å². The van der Waals surface area contributed by atoms with Crippen molar-refractivity contribution in [3.63, 3.8) is 0 Å². The summed E-state index contributed by atoms with van der Waals surface area (Å²) in [5.41, 5.74) is 0.497. The minimum atomic E-state index is -0.702. The summed E-state index contributed by atoms with van der Waals surface area (Å²) in [6.07, 6.45) is 6.23. The highest BCUT2D eigenvalue weighted by atomic mass is 35.5. The van der Waals surface area contributed by atoms with Crippen LogP contribution in [0, 0.1) is 18.2 Å². The van der Waals surface area contributed by atoms with Crippen LogP contribution in [0.2, 0.25) is 5.02 Å². The van der Waals surface area contributed by atoms with Gasteiger partial charge in [0.1, 0.15) is 5.82 Å². The molecule has 1 N–H and O–H groups in total. The smallest absolute Gasteiger partial charge is 0.125 e. The van der Waals surface area contributed by atoms with Crippen molar-refractivity contribution in [1.82, 2.24) is 0 Å². The molecule has 0 amide bonds. The highest BCUT2D eigenvalue weighted by molar-refractivity contribution is 6.30. The van der Waals surface area contributed by atoms with Gasteiger partial charge in [0.25, 0.3) is 0 Å². The molecule has 0 fully saturated rings. The van der Waals surface area contributed by atoms with Gasteiger partial charge < -0.3 is 5.11 Å². The number of unbranched alkanes of at least 4 members (excludes halogenated alkanes) is 1. The van der Waals surface area contributed by atoms with E-state index in [9.17, 15) is 9.50 Å². The maximum absolute atomic E-state index is 12.9. The number of hydrogen-bond donors (Lipinski definition) is 1. The monoisotopic (exact) mass is 226 g/mol. The third-order valence-electron chi connectivity index (χ3n) is 2.07. The topological polar surface area (TPSA) is 20.2 Å². The van der Waals surface area contributed by atoms with Crippen LogP contribution in [0.15, 0.2) is 18.2 Å². The molecule has 0 heterocycles. The summed E-state index contributed by atoms with van der Waals surface area (Å²) in [6, 6.07) is 4.05. The van der Waals surface area contributed by atoms with Crippen molar-refractivity contribution in [1.29, 1.82) is 0 Å². The Morgan fingerprint density at radius 2 is 2.20 bits per heavy atom. The molecule has 0 saturated carbocycles. The van der Waals surface area contributed by atoms with E-state index in [-0.39, 0.29) is 0 Å². The lowest BCUT2D eigenvalue weighted by Gasteiger charge is -2.10. The number of rotatable bonds is 4. The van der Waals surface area contributed by atoms with Gasteiger partial charge in [-0.05, 0) is 36.6 Å². The zero-order chi connectivity index (χ0) is 11.3. The molecule has 0 aliphatic carbocycles. The highest BCUT2D eigenvalue weighted by Crippen LogP contribution is 2.23. The Bertz CT molecular complexity index is 350. The number of terminal acetylenes is 1. The summed E-state index contributed by atoms with van der Waals surface area (Å²) in [4.78, 5) is 0. The van der Waals surface area contributed by atoms with E-state index in [0.717, 1.165) is 0 Å². The van der Waals surface area contributed by atoms with Gasteiger partial charge in [-0.2, -0.15) is 0 Å². The molecule has 0 spiro atoms. The second-order valence-corrected chi connectivity index (χ2v) is 3.75. The molecule has 1 aromatic carbocycles. The van der Waals surface area contributed by atoms with E-state index in [1.54, 1.807) is 6.07 Å². The Morgan fingerprint density at radius 1 is 1.47 bits per heavy atom. The normalized spacial score (nSPS) is 12.1. The van der Waals surface area contributed by atoms with Crippen molar-refractivity contribution in [2.24, 2.45) is 0 Å². The molecule has 1 aromatic rings. The molecule has 1 unspecified atom stereocenters. The van der Waals surface area contributed by atoms with E-state index in [1.807, 2.05) is 0 Å². The SMILES string of the molecule is C#CCCCC(O)c1cc(F)cc(Cl)c1. The zero-order valence-electron chi connectivity index (χ0n) is 8.21. The summed E-state index contributed by atoms with van der Waals surface area (Å²) >= 11 is 5.67. The second kappa shape index (κ2) is 5.75. The van der Waals surface area contributed by atoms with E-state index in [4.69, 9.17) is 18.0 Å². The molecule has 1 rings (SSSR count). The molecule has 0 radical (unpaired) electrons. The first-order valence-corrected chi connectivity index (χ1v) is 5.09. The van der Waals surface area contributed by atoms with Gasteiger partial charge in [0.05, 0.1) is 6.10 Å². The molecule has 0 aliphatic rings. The van der Waals surface area contributed by atoms with Crippen molar-refractivity contribution in [3.8, 4) is 12.3 Å². The Balaban J connectivity index is 2.65. The zero-order valence-corrected chi connectivity index (χ0v) is 8.97. The predicted molar refractivity (Wildman–Crippen MR) is 59.1 cm³/mol. The van der Waals surface area contributed by atoms with Gasteiger partial charge in [0, 0.05) is 11.4 Å². The van der Waals surface area contributed by atoms with E-state index in [2.05, 4.69) is 5.92 Å². The summed E-state index contributed by atoms with van der Waals surface area (Å²) in [7, 11) is 0. The molecule has 15 heavy (non-hydrogen) atoms. The van der Waals surface area contributed by atoms with Gasteiger partial charge >= 0.3 is 0 Å². The van der Waals surface area contributed by atoms with Crippen LogP contribution in [0.1, 0.15) is 30.9 Å². The number of benzene rings is 1. The van der Waals surface area contributed by atoms with E-state index in [1.165, 1.54) is 12.1 Å². The predicted octanol–water partition coefficient (Wildman–Crippen LogP) is 3.32. The third kappa shape index (κ3) is 3.91. The minimum Gasteiger partial charge on any atom is -0.388 e. The molecular weight excluding hydrogens is 215 g/mol. The van der Waals surface area contributed by atoms with Crippen LogP contribution in [-0.2, 0) is 0 Å². The fraction of sp³-hybridized carbons (Fsp3) is 0.333. The highest BCUT2D eigenvalue weighted by Gasteiger charge is 2.09. The first-order valence-electron chi connectivity index (χ1n) is 4.71. The van der Waals surface area contributed by atoms with Crippen LogP contribution in [0.25, 0.3) is 0 Å². The summed E-state index contributed by atoms with van der Waals surface area (Å²) in [5, 5.41) is 9.99. The van der Waals surface area contributed by atoms with Crippen LogP contribution in [-0.4, -0.2) is 5.11 Å². The second-order valence-electron chi connectivity index (χ2n) is 3.31. The maximum Gasteiger partial charge on any atom is 0.125 e. The van der Waals surface area contributed by atoms with Crippen molar-refractivity contribution in [2.75, 3.05) is 0 Å². The average molecular weight is 227 g/mol. The van der Waals surface area contributed by atoms with Crippen LogP contribution in [0.3, 0.4) is 0 Å². The fourth-order valence-electron chi connectivity index (χ4n) is 1.33. The minimum absolute atomic E-state index is 0.293. The Morgan fingerprint density at radius 3 is 2.80 bits per heavy atom. The van der Waals surface area contributed by atoms with E-state index >= 15 is 0 Å². The molecule has 80 valence electrons. The van der Waals surface area contributed by atoms with Gasteiger partial charge in [-0.25, -0.2) is 4.39 Å². The quantitative estimate of drug-likeness (QED) is 0.617.